The standard InChI is InChI=1S/C22H22N4O4S2/c1-14-7-8-18-15(10-14)11-16(22(27)23-18)12-26(13-17-4-3-9-30-17)32(28,29)20-6-2-5-19-21(20)25-31-24-19/h2,5-8,10-11,17H,3-4,9,12-13H2,1H3,(H,23,27)/t17-/m1/s1. The second-order valence-electron chi connectivity index (χ2n) is 8.04. The summed E-state index contributed by atoms with van der Waals surface area (Å²) in [5.41, 5.74) is 2.74. The van der Waals surface area contributed by atoms with Crippen molar-refractivity contribution in [1.29, 1.82) is 0 Å². The zero-order valence-electron chi connectivity index (χ0n) is 17.4. The van der Waals surface area contributed by atoms with E-state index in [1.807, 2.05) is 25.1 Å². The van der Waals surface area contributed by atoms with Crippen molar-refractivity contribution in [3.63, 3.8) is 0 Å². The molecular formula is C22H22N4O4S2. The van der Waals surface area contributed by atoms with Gasteiger partial charge in [0.15, 0.2) is 0 Å². The summed E-state index contributed by atoms with van der Waals surface area (Å²) in [7, 11) is -3.96. The summed E-state index contributed by atoms with van der Waals surface area (Å²) < 4.78 is 42.9. The van der Waals surface area contributed by atoms with Gasteiger partial charge in [-0.25, -0.2) is 8.42 Å². The van der Waals surface area contributed by atoms with Gasteiger partial charge in [-0.15, -0.1) is 0 Å². The minimum atomic E-state index is -3.96. The molecule has 1 fully saturated rings. The fourth-order valence-corrected chi connectivity index (χ4v) is 6.27. The molecule has 10 heteroatoms. The molecule has 166 valence electrons. The highest BCUT2D eigenvalue weighted by Crippen LogP contribution is 2.27. The maximum atomic E-state index is 13.8. The van der Waals surface area contributed by atoms with Crippen molar-refractivity contribution in [2.45, 2.75) is 37.3 Å². The van der Waals surface area contributed by atoms with Gasteiger partial charge in [-0.1, -0.05) is 17.7 Å². The van der Waals surface area contributed by atoms with Crippen LogP contribution in [0.4, 0.5) is 0 Å². The Balaban J connectivity index is 1.58. The molecule has 1 aliphatic heterocycles. The van der Waals surface area contributed by atoms with Crippen LogP contribution in [-0.4, -0.2) is 45.7 Å². The average Bonchev–Trinajstić information content (AvgIpc) is 3.45. The second kappa shape index (κ2) is 8.36. The SMILES string of the molecule is Cc1ccc2[nH]c(=O)c(CN(C[C@H]3CCCO3)S(=O)(=O)c3cccc4nsnc34)cc2c1. The van der Waals surface area contributed by atoms with Crippen LogP contribution >= 0.6 is 11.7 Å². The summed E-state index contributed by atoms with van der Waals surface area (Å²) in [6, 6.07) is 12.4. The molecule has 0 aliphatic carbocycles. The highest BCUT2D eigenvalue weighted by molar-refractivity contribution is 7.89. The van der Waals surface area contributed by atoms with Crippen LogP contribution in [0.3, 0.4) is 0 Å². The lowest BCUT2D eigenvalue weighted by molar-refractivity contribution is 0.0925. The number of benzene rings is 2. The molecule has 1 saturated heterocycles. The van der Waals surface area contributed by atoms with Gasteiger partial charge in [0.05, 0.1) is 17.8 Å². The number of sulfonamides is 1. The first kappa shape index (κ1) is 21.2. The number of rotatable bonds is 6. The molecule has 0 spiro atoms. The van der Waals surface area contributed by atoms with Gasteiger partial charge in [-0.2, -0.15) is 13.1 Å². The Hall–Kier alpha value is -2.66. The van der Waals surface area contributed by atoms with E-state index in [-0.39, 0.29) is 29.6 Å². The van der Waals surface area contributed by atoms with Gasteiger partial charge >= 0.3 is 0 Å². The maximum absolute atomic E-state index is 13.8. The lowest BCUT2D eigenvalue weighted by Crippen LogP contribution is -2.38. The summed E-state index contributed by atoms with van der Waals surface area (Å²) in [4.78, 5) is 15.8. The van der Waals surface area contributed by atoms with Gasteiger partial charge < -0.3 is 9.72 Å². The Morgan fingerprint density at radius 3 is 2.91 bits per heavy atom. The lowest BCUT2D eigenvalue weighted by Gasteiger charge is -2.25. The zero-order valence-corrected chi connectivity index (χ0v) is 19.1. The molecule has 1 aliphatic rings. The lowest BCUT2D eigenvalue weighted by atomic mass is 10.1. The largest absolute Gasteiger partial charge is 0.377 e. The number of hydrogen-bond acceptors (Lipinski definition) is 7. The number of ether oxygens (including phenoxy) is 1. The first-order valence-corrected chi connectivity index (χ1v) is 12.5. The Kier molecular flexibility index (Phi) is 5.54. The van der Waals surface area contributed by atoms with Crippen LogP contribution in [0.5, 0.6) is 0 Å². The number of aromatic nitrogens is 3. The minimum Gasteiger partial charge on any atom is -0.377 e. The fraction of sp³-hybridized carbons (Fsp3) is 0.318. The smallest absolute Gasteiger partial charge is 0.252 e. The zero-order chi connectivity index (χ0) is 22.3. The number of H-pyrrole nitrogens is 1. The van der Waals surface area contributed by atoms with Crippen LogP contribution in [0.2, 0.25) is 0 Å². The van der Waals surface area contributed by atoms with Gasteiger partial charge in [0.25, 0.3) is 5.56 Å². The van der Waals surface area contributed by atoms with Gasteiger partial charge in [0.1, 0.15) is 15.9 Å². The predicted octanol–water partition coefficient (Wildman–Crippen LogP) is 3.21. The van der Waals surface area contributed by atoms with Gasteiger partial charge in [-0.05, 0) is 55.5 Å². The van der Waals surface area contributed by atoms with Crippen LogP contribution in [0.15, 0.2) is 52.2 Å². The second-order valence-corrected chi connectivity index (χ2v) is 10.5. The van der Waals surface area contributed by atoms with Gasteiger partial charge in [-0.3, -0.25) is 4.79 Å². The average molecular weight is 471 g/mol. The summed E-state index contributed by atoms with van der Waals surface area (Å²) in [6.07, 6.45) is 1.46. The number of aryl methyl sites for hydroxylation is 1. The topological polar surface area (TPSA) is 105 Å². The van der Waals surface area contributed by atoms with E-state index in [2.05, 4.69) is 13.7 Å². The van der Waals surface area contributed by atoms with Gasteiger partial charge in [0.2, 0.25) is 10.0 Å². The van der Waals surface area contributed by atoms with Crippen molar-refractivity contribution in [1.82, 2.24) is 18.0 Å². The quantitative estimate of drug-likeness (QED) is 0.464. The first-order chi connectivity index (χ1) is 15.4. The van der Waals surface area contributed by atoms with Crippen molar-refractivity contribution in [2.24, 2.45) is 0 Å². The molecule has 0 radical (unpaired) electrons. The molecule has 0 amide bonds. The summed E-state index contributed by atoms with van der Waals surface area (Å²) in [6.45, 7) is 2.69. The number of aromatic amines is 1. The molecular weight excluding hydrogens is 448 g/mol. The third-order valence-corrected chi connectivity index (χ3v) is 8.11. The number of hydrogen-bond donors (Lipinski definition) is 1. The molecule has 0 unspecified atom stereocenters. The van der Waals surface area contributed by atoms with Crippen molar-refractivity contribution in [2.75, 3.05) is 13.2 Å². The molecule has 0 saturated carbocycles. The Morgan fingerprint density at radius 1 is 1.22 bits per heavy atom. The molecule has 3 heterocycles. The summed E-state index contributed by atoms with van der Waals surface area (Å²) in [5.74, 6) is 0. The summed E-state index contributed by atoms with van der Waals surface area (Å²) >= 11 is 0.974. The van der Waals surface area contributed by atoms with Crippen LogP contribution < -0.4 is 5.56 Å². The van der Waals surface area contributed by atoms with Crippen molar-refractivity contribution >= 4 is 43.7 Å². The van der Waals surface area contributed by atoms with E-state index >= 15 is 0 Å². The maximum Gasteiger partial charge on any atom is 0.252 e. The van der Waals surface area contributed by atoms with Crippen molar-refractivity contribution in [3.8, 4) is 0 Å². The molecule has 2 aromatic carbocycles. The Morgan fingerprint density at radius 2 is 2.09 bits per heavy atom. The molecule has 1 atom stereocenters. The predicted molar refractivity (Wildman–Crippen MR) is 123 cm³/mol. The monoisotopic (exact) mass is 470 g/mol. The number of fused-ring (bicyclic) bond motifs is 2. The fourth-order valence-electron chi connectivity index (χ4n) is 4.07. The number of pyridine rings is 1. The molecule has 1 N–H and O–H groups in total. The van der Waals surface area contributed by atoms with E-state index in [1.165, 1.54) is 10.4 Å². The first-order valence-electron chi connectivity index (χ1n) is 10.4. The molecule has 0 bridgehead atoms. The van der Waals surface area contributed by atoms with E-state index in [1.54, 1.807) is 18.2 Å². The normalized spacial score (nSPS) is 17.0. The molecule has 4 aromatic rings. The van der Waals surface area contributed by atoms with E-state index in [4.69, 9.17) is 4.74 Å². The van der Waals surface area contributed by atoms with Gasteiger partial charge in [0, 0.05) is 30.8 Å². The number of nitrogens with zero attached hydrogens (tertiary/aromatic N) is 3. The molecule has 2 aromatic heterocycles. The van der Waals surface area contributed by atoms with Crippen LogP contribution in [0, 0.1) is 6.92 Å². The van der Waals surface area contributed by atoms with Crippen molar-refractivity contribution < 1.29 is 13.2 Å². The Labute approximate surface area is 189 Å². The highest BCUT2D eigenvalue weighted by atomic mass is 32.2. The van der Waals surface area contributed by atoms with E-state index in [9.17, 15) is 13.2 Å². The molecule has 8 nitrogen and oxygen atoms in total. The van der Waals surface area contributed by atoms with E-state index < -0.39 is 10.0 Å². The third-order valence-electron chi connectivity index (χ3n) is 5.72. The van der Waals surface area contributed by atoms with Crippen LogP contribution in [0.25, 0.3) is 21.9 Å². The summed E-state index contributed by atoms with van der Waals surface area (Å²) in [5, 5.41) is 0.861. The molecule has 32 heavy (non-hydrogen) atoms. The van der Waals surface area contributed by atoms with E-state index in [0.29, 0.717) is 23.2 Å². The van der Waals surface area contributed by atoms with E-state index in [0.717, 1.165) is 41.0 Å². The van der Waals surface area contributed by atoms with Crippen LogP contribution in [-0.2, 0) is 21.3 Å². The van der Waals surface area contributed by atoms with Crippen molar-refractivity contribution in [3.05, 3.63) is 63.9 Å². The minimum absolute atomic E-state index is 0.0602. The number of nitrogens with one attached hydrogen (secondary N) is 1. The molecule has 5 rings (SSSR count). The van der Waals surface area contributed by atoms with Crippen LogP contribution in [0.1, 0.15) is 24.0 Å². The highest BCUT2D eigenvalue weighted by Gasteiger charge is 2.32. The Bertz CT molecular complexity index is 1460. The third kappa shape index (κ3) is 3.95.